The zero-order valence-corrected chi connectivity index (χ0v) is 9.43. The first-order valence-corrected chi connectivity index (χ1v) is 5.79. The minimum atomic E-state index is -0.0328. The second-order valence-electron chi connectivity index (χ2n) is 3.80. The molecule has 16 heavy (non-hydrogen) atoms. The van der Waals surface area contributed by atoms with Crippen LogP contribution in [0.15, 0.2) is 30.3 Å². The maximum atomic E-state index is 12.1. The van der Waals surface area contributed by atoms with Gasteiger partial charge in [-0.05, 0) is 13.0 Å². The first kappa shape index (κ1) is 9.48. The standard InChI is InChI=1S/C13H8O2S/c1-7-6-10-11(14)8-4-2-3-5-9(8)12(15)13(10)16-7/h2-6H,1H3. The molecule has 0 spiro atoms. The Hall–Kier alpha value is -1.74. The van der Waals surface area contributed by atoms with Crippen LogP contribution < -0.4 is 0 Å². The second kappa shape index (κ2) is 3.12. The van der Waals surface area contributed by atoms with Crippen molar-refractivity contribution in [3.05, 3.63) is 56.8 Å². The molecule has 2 aromatic rings. The van der Waals surface area contributed by atoms with Gasteiger partial charge in [0.2, 0.25) is 5.78 Å². The highest BCUT2D eigenvalue weighted by molar-refractivity contribution is 7.14. The lowest BCUT2D eigenvalue weighted by Gasteiger charge is -2.12. The van der Waals surface area contributed by atoms with Gasteiger partial charge in [-0.1, -0.05) is 24.3 Å². The molecule has 0 fully saturated rings. The van der Waals surface area contributed by atoms with Gasteiger partial charge in [-0.25, -0.2) is 0 Å². The first-order valence-electron chi connectivity index (χ1n) is 4.97. The highest BCUT2D eigenvalue weighted by atomic mass is 32.1. The third-order valence-corrected chi connectivity index (χ3v) is 3.77. The number of ketones is 2. The third-order valence-electron chi connectivity index (χ3n) is 2.72. The molecule has 78 valence electrons. The molecule has 0 radical (unpaired) electrons. The summed E-state index contributed by atoms with van der Waals surface area (Å²) in [6.45, 7) is 1.91. The van der Waals surface area contributed by atoms with Crippen molar-refractivity contribution in [2.75, 3.05) is 0 Å². The molecule has 1 aliphatic rings. The fourth-order valence-corrected chi connectivity index (χ4v) is 2.96. The van der Waals surface area contributed by atoms with E-state index in [1.54, 1.807) is 30.3 Å². The van der Waals surface area contributed by atoms with E-state index in [0.29, 0.717) is 21.6 Å². The van der Waals surface area contributed by atoms with Crippen molar-refractivity contribution in [1.29, 1.82) is 0 Å². The molecule has 2 nitrogen and oxygen atoms in total. The van der Waals surface area contributed by atoms with Gasteiger partial charge >= 0.3 is 0 Å². The number of hydrogen-bond acceptors (Lipinski definition) is 3. The van der Waals surface area contributed by atoms with Crippen molar-refractivity contribution in [1.82, 2.24) is 0 Å². The average Bonchev–Trinajstić information content (AvgIpc) is 2.68. The number of thiophene rings is 1. The van der Waals surface area contributed by atoms with Gasteiger partial charge in [0.25, 0.3) is 0 Å². The van der Waals surface area contributed by atoms with Crippen LogP contribution in [0.3, 0.4) is 0 Å². The van der Waals surface area contributed by atoms with Crippen molar-refractivity contribution in [3.63, 3.8) is 0 Å². The molecule has 0 amide bonds. The molecule has 0 unspecified atom stereocenters. The molecule has 3 heteroatoms. The van der Waals surface area contributed by atoms with E-state index in [1.165, 1.54) is 11.3 Å². The molecule has 1 aliphatic carbocycles. The van der Waals surface area contributed by atoms with Crippen molar-refractivity contribution in [2.24, 2.45) is 0 Å². The van der Waals surface area contributed by atoms with E-state index in [4.69, 9.17) is 0 Å². The van der Waals surface area contributed by atoms with Crippen LogP contribution in [0, 0.1) is 6.92 Å². The lowest BCUT2D eigenvalue weighted by molar-refractivity contribution is 0.0982. The van der Waals surface area contributed by atoms with E-state index >= 15 is 0 Å². The molecule has 1 aromatic carbocycles. The Labute approximate surface area is 96.5 Å². The zero-order valence-electron chi connectivity index (χ0n) is 8.61. The van der Waals surface area contributed by atoms with Crippen LogP contribution in [-0.2, 0) is 0 Å². The molecule has 0 saturated carbocycles. The van der Waals surface area contributed by atoms with Crippen LogP contribution in [0.25, 0.3) is 0 Å². The number of carbonyl (C=O) groups excluding carboxylic acids is 2. The van der Waals surface area contributed by atoms with E-state index < -0.39 is 0 Å². The number of hydrogen-bond donors (Lipinski definition) is 0. The number of carbonyl (C=O) groups is 2. The Morgan fingerprint density at radius 1 is 0.938 bits per heavy atom. The smallest absolute Gasteiger partial charge is 0.204 e. The molecule has 0 N–H and O–H groups in total. The van der Waals surface area contributed by atoms with Crippen molar-refractivity contribution >= 4 is 22.9 Å². The van der Waals surface area contributed by atoms with Gasteiger partial charge in [0, 0.05) is 21.6 Å². The zero-order chi connectivity index (χ0) is 11.3. The highest BCUT2D eigenvalue weighted by Gasteiger charge is 2.30. The SMILES string of the molecule is Cc1cc2c(s1)C(=O)c1ccccc1C2=O. The highest BCUT2D eigenvalue weighted by Crippen LogP contribution is 2.32. The van der Waals surface area contributed by atoms with Crippen LogP contribution >= 0.6 is 11.3 Å². The van der Waals surface area contributed by atoms with Gasteiger partial charge < -0.3 is 0 Å². The van der Waals surface area contributed by atoms with Crippen LogP contribution in [0.5, 0.6) is 0 Å². The van der Waals surface area contributed by atoms with Gasteiger partial charge in [-0.15, -0.1) is 11.3 Å². The summed E-state index contributed by atoms with van der Waals surface area (Å²) in [6, 6.07) is 8.80. The van der Waals surface area contributed by atoms with Crippen LogP contribution in [0.2, 0.25) is 0 Å². The molecule has 0 atom stereocenters. The summed E-state index contributed by atoms with van der Waals surface area (Å²) in [6.07, 6.45) is 0. The van der Waals surface area contributed by atoms with E-state index in [9.17, 15) is 9.59 Å². The summed E-state index contributed by atoms with van der Waals surface area (Å²) in [7, 11) is 0. The summed E-state index contributed by atoms with van der Waals surface area (Å²) in [5, 5.41) is 0. The fraction of sp³-hybridized carbons (Fsp3) is 0.0769. The van der Waals surface area contributed by atoms with E-state index in [-0.39, 0.29) is 11.6 Å². The van der Waals surface area contributed by atoms with E-state index in [2.05, 4.69) is 0 Å². The monoisotopic (exact) mass is 228 g/mol. The van der Waals surface area contributed by atoms with Crippen LogP contribution in [0.4, 0.5) is 0 Å². The van der Waals surface area contributed by atoms with Gasteiger partial charge in [-0.3, -0.25) is 9.59 Å². The Balaban J connectivity index is 2.34. The fourth-order valence-electron chi connectivity index (χ4n) is 2.00. The van der Waals surface area contributed by atoms with Gasteiger partial charge in [0.05, 0.1) is 4.88 Å². The number of fused-ring (bicyclic) bond motifs is 2. The molecule has 1 heterocycles. The van der Waals surface area contributed by atoms with Gasteiger partial charge in [-0.2, -0.15) is 0 Å². The van der Waals surface area contributed by atoms with Crippen molar-refractivity contribution in [2.45, 2.75) is 6.92 Å². The first-order chi connectivity index (χ1) is 7.68. The van der Waals surface area contributed by atoms with Crippen molar-refractivity contribution < 1.29 is 9.59 Å². The molecule has 0 aliphatic heterocycles. The Kier molecular flexibility index (Phi) is 1.85. The Morgan fingerprint density at radius 2 is 1.56 bits per heavy atom. The van der Waals surface area contributed by atoms with E-state index in [1.807, 2.05) is 6.92 Å². The summed E-state index contributed by atoms with van der Waals surface area (Å²) >= 11 is 1.40. The predicted molar refractivity (Wildman–Crippen MR) is 62.4 cm³/mol. The summed E-state index contributed by atoms with van der Waals surface area (Å²) in [4.78, 5) is 25.8. The quantitative estimate of drug-likeness (QED) is 0.593. The molecule has 1 aromatic heterocycles. The number of aryl methyl sites for hydroxylation is 1. The Bertz CT molecular complexity index is 570. The third kappa shape index (κ3) is 1.12. The molecule has 0 saturated heterocycles. The van der Waals surface area contributed by atoms with E-state index in [0.717, 1.165) is 4.88 Å². The molecule has 3 rings (SSSR count). The maximum Gasteiger partial charge on any atom is 0.204 e. The van der Waals surface area contributed by atoms with Crippen molar-refractivity contribution in [3.8, 4) is 0 Å². The molecular weight excluding hydrogens is 220 g/mol. The normalized spacial score (nSPS) is 13.6. The second-order valence-corrected chi connectivity index (χ2v) is 5.06. The minimum Gasteiger partial charge on any atom is -0.289 e. The van der Waals surface area contributed by atoms with Crippen LogP contribution in [0.1, 0.15) is 36.0 Å². The van der Waals surface area contributed by atoms with Crippen LogP contribution in [-0.4, -0.2) is 11.6 Å². The lowest BCUT2D eigenvalue weighted by atomic mass is 9.89. The number of benzene rings is 1. The molecular formula is C13H8O2S. The molecule has 0 bridgehead atoms. The summed E-state index contributed by atoms with van der Waals surface area (Å²) < 4.78 is 0. The largest absolute Gasteiger partial charge is 0.289 e. The maximum absolute atomic E-state index is 12.1. The topological polar surface area (TPSA) is 34.1 Å². The average molecular weight is 228 g/mol. The van der Waals surface area contributed by atoms with Gasteiger partial charge in [0.15, 0.2) is 5.78 Å². The summed E-state index contributed by atoms with van der Waals surface area (Å²) in [5.74, 6) is -0.0575. The summed E-state index contributed by atoms with van der Waals surface area (Å²) in [5.41, 5.74) is 1.62. The Morgan fingerprint density at radius 3 is 2.25 bits per heavy atom. The predicted octanol–water partition coefficient (Wildman–Crippen LogP) is 2.83. The van der Waals surface area contributed by atoms with Gasteiger partial charge in [0.1, 0.15) is 0 Å². The minimum absolute atomic E-state index is 0.0247. The number of rotatable bonds is 0. The lowest BCUT2D eigenvalue weighted by Crippen LogP contribution is -2.18.